The van der Waals surface area contributed by atoms with Gasteiger partial charge in [0.1, 0.15) is 0 Å². The normalized spacial score (nSPS) is 19.2. The molecule has 0 saturated carbocycles. The summed E-state index contributed by atoms with van der Waals surface area (Å²) in [6.45, 7) is 5.00. The second kappa shape index (κ2) is 4.97. The van der Waals surface area contributed by atoms with Crippen LogP contribution < -0.4 is 0 Å². The fraction of sp³-hybridized carbons (Fsp3) is 1.00. The molecule has 0 aliphatic heterocycles. The summed E-state index contributed by atoms with van der Waals surface area (Å²) in [5, 5.41) is 8.88. The lowest BCUT2D eigenvalue weighted by Crippen LogP contribution is -2.13. The van der Waals surface area contributed by atoms with Crippen LogP contribution in [0.2, 0.25) is 0 Å². The molecule has 74 valence electrons. The van der Waals surface area contributed by atoms with Crippen LogP contribution in [0.25, 0.3) is 0 Å². The van der Waals surface area contributed by atoms with E-state index in [-0.39, 0.29) is 6.10 Å². The van der Waals surface area contributed by atoms with Crippen molar-refractivity contribution in [2.24, 2.45) is 0 Å². The maximum Gasteiger partial charge on any atom is 0.356 e. The molecule has 12 heavy (non-hydrogen) atoms. The fourth-order valence-corrected chi connectivity index (χ4v) is 1.64. The van der Waals surface area contributed by atoms with E-state index in [1.54, 1.807) is 0 Å². The highest BCUT2D eigenvalue weighted by Crippen LogP contribution is 2.47. The third-order valence-corrected chi connectivity index (χ3v) is 3.23. The van der Waals surface area contributed by atoms with Crippen molar-refractivity contribution in [2.75, 3.05) is 0 Å². The Balaban J connectivity index is 4.13. The van der Waals surface area contributed by atoms with Gasteiger partial charge in [-0.3, -0.25) is 4.57 Å². The molecule has 0 radical (unpaired) electrons. The molecule has 0 spiro atoms. The molecule has 0 aliphatic rings. The molecule has 4 nitrogen and oxygen atoms in total. The maximum absolute atomic E-state index is 11.1. The van der Waals surface area contributed by atoms with Crippen molar-refractivity contribution in [1.82, 2.24) is 0 Å². The number of aliphatic hydroxyl groups is 1. The second-order valence-corrected chi connectivity index (χ2v) is 4.83. The highest BCUT2D eigenvalue weighted by Gasteiger charge is 2.29. The molecule has 0 aromatic heterocycles. The summed E-state index contributed by atoms with van der Waals surface area (Å²) in [7, 11) is -3.80. The molecule has 0 heterocycles. The lowest BCUT2D eigenvalue weighted by Gasteiger charge is -2.20. The van der Waals surface area contributed by atoms with Gasteiger partial charge >= 0.3 is 7.60 Å². The maximum atomic E-state index is 11.1. The van der Waals surface area contributed by atoms with Crippen LogP contribution in [-0.2, 0) is 9.09 Å². The molecule has 0 bridgehead atoms. The molecule has 5 heteroatoms. The van der Waals surface area contributed by atoms with Crippen LogP contribution in [0, 0.1) is 0 Å². The third kappa shape index (κ3) is 3.68. The summed E-state index contributed by atoms with van der Waals surface area (Å²) in [4.78, 5) is 9.11. The predicted octanol–water partition coefficient (Wildman–Crippen LogP) is 1.72. The van der Waals surface area contributed by atoms with Crippen molar-refractivity contribution in [1.29, 1.82) is 0 Å². The lowest BCUT2D eigenvalue weighted by molar-refractivity contribution is 0.130. The minimum absolute atomic E-state index is 0.240. The quantitative estimate of drug-likeness (QED) is 0.657. The third-order valence-electron chi connectivity index (χ3n) is 1.68. The Morgan fingerprint density at radius 2 is 1.83 bits per heavy atom. The van der Waals surface area contributed by atoms with Gasteiger partial charge in [-0.1, -0.05) is 13.8 Å². The van der Waals surface area contributed by atoms with Gasteiger partial charge in [0.05, 0.1) is 6.10 Å². The van der Waals surface area contributed by atoms with Gasteiger partial charge in [0.25, 0.3) is 0 Å². The zero-order valence-electron chi connectivity index (χ0n) is 7.73. The molecule has 0 aromatic rings. The Morgan fingerprint density at radius 3 is 2.08 bits per heavy atom. The topological polar surface area (TPSA) is 66.8 Å². The lowest BCUT2D eigenvalue weighted by atomic mass is 10.2. The van der Waals surface area contributed by atoms with Gasteiger partial charge in [0, 0.05) is 0 Å². The number of rotatable bonds is 5. The molecular weight excluding hydrogens is 179 g/mol. The summed E-state index contributed by atoms with van der Waals surface area (Å²) in [5.41, 5.74) is 0. The zero-order chi connectivity index (χ0) is 9.78. The van der Waals surface area contributed by atoms with Crippen LogP contribution in [0.1, 0.15) is 33.6 Å². The Hall–Kier alpha value is 0.110. The first kappa shape index (κ1) is 12.1. The minimum atomic E-state index is -3.80. The van der Waals surface area contributed by atoms with Crippen molar-refractivity contribution in [2.45, 2.75) is 45.6 Å². The van der Waals surface area contributed by atoms with Crippen molar-refractivity contribution >= 4 is 7.60 Å². The number of hydrogen-bond donors (Lipinski definition) is 2. The summed E-state index contributed by atoms with van der Waals surface area (Å²) < 4.78 is 16.0. The van der Waals surface area contributed by atoms with E-state index < -0.39 is 13.4 Å². The standard InChI is InChI=1S/C7H17O4P/c1-4-7(5-2)11-12(9,10)6(3)8/h6-8H,4-5H2,1-3H3,(H,9,10). The molecule has 2 N–H and O–H groups in total. The Morgan fingerprint density at radius 1 is 1.42 bits per heavy atom. The zero-order valence-corrected chi connectivity index (χ0v) is 8.62. The van der Waals surface area contributed by atoms with E-state index in [2.05, 4.69) is 0 Å². The Bertz CT molecular complexity index is 165. The van der Waals surface area contributed by atoms with Crippen LogP contribution in [-0.4, -0.2) is 21.9 Å². The van der Waals surface area contributed by atoms with Gasteiger partial charge in [-0.05, 0) is 19.8 Å². The van der Waals surface area contributed by atoms with Crippen LogP contribution in [0.3, 0.4) is 0 Å². The summed E-state index contributed by atoms with van der Waals surface area (Å²) in [6.07, 6.45) is 1.11. The van der Waals surface area contributed by atoms with Gasteiger partial charge in [-0.15, -0.1) is 0 Å². The molecule has 0 rings (SSSR count). The van der Waals surface area contributed by atoms with Gasteiger partial charge in [-0.25, -0.2) is 0 Å². The number of hydrogen-bond acceptors (Lipinski definition) is 3. The van der Waals surface area contributed by atoms with E-state index in [0.717, 1.165) is 0 Å². The summed E-state index contributed by atoms with van der Waals surface area (Å²) in [5.74, 6) is -1.31. The van der Waals surface area contributed by atoms with Crippen LogP contribution in [0.15, 0.2) is 0 Å². The summed E-state index contributed by atoms with van der Waals surface area (Å²) >= 11 is 0. The van der Waals surface area contributed by atoms with Crippen molar-refractivity contribution < 1.29 is 19.1 Å². The minimum Gasteiger partial charge on any atom is -0.381 e. The molecule has 0 aromatic carbocycles. The Labute approximate surface area is 73.1 Å². The highest BCUT2D eigenvalue weighted by molar-refractivity contribution is 7.53. The molecular formula is C7H17O4P. The molecule has 0 amide bonds. The fourth-order valence-electron chi connectivity index (χ4n) is 0.739. The highest BCUT2D eigenvalue weighted by atomic mass is 31.2. The van der Waals surface area contributed by atoms with Gasteiger partial charge in [0.15, 0.2) is 5.85 Å². The van der Waals surface area contributed by atoms with Crippen molar-refractivity contribution in [3.05, 3.63) is 0 Å². The van der Waals surface area contributed by atoms with E-state index in [4.69, 9.17) is 14.5 Å². The average molecular weight is 196 g/mol. The average Bonchev–Trinajstić information content (AvgIpc) is 2.00. The monoisotopic (exact) mass is 196 g/mol. The largest absolute Gasteiger partial charge is 0.381 e. The van der Waals surface area contributed by atoms with Gasteiger partial charge in [0.2, 0.25) is 0 Å². The van der Waals surface area contributed by atoms with E-state index in [1.165, 1.54) is 6.92 Å². The first-order valence-electron chi connectivity index (χ1n) is 4.13. The molecule has 2 unspecified atom stereocenters. The second-order valence-electron chi connectivity index (χ2n) is 2.74. The van der Waals surface area contributed by atoms with Crippen LogP contribution >= 0.6 is 7.60 Å². The van der Waals surface area contributed by atoms with E-state index in [9.17, 15) is 4.57 Å². The van der Waals surface area contributed by atoms with Gasteiger partial charge < -0.3 is 14.5 Å². The van der Waals surface area contributed by atoms with Crippen LogP contribution in [0.4, 0.5) is 0 Å². The van der Waals surface area contributed by atoms with Crippen molar-refractivity contribution in [3.63, 3.8) is 0 Å². The van der Waals surface area contributed by atoms with Crippen LogP contribution in [0.5, 0.6) is 0 Å². The molecule has 2 atom stereocenters. The Kier molecular flexibility index (Phi) is 5.02. The molecule has 0 fully saturated rings. The molecule has 0 saturated heterocycles. The van der Waals surface area contributed by atoms with E-state index >= 15 is 0 Å². The SMILES string of the molecule is CCC(CC)OP(=O)(O)C(C)O. The van der Waals surface area contributed by atoms with E-state index in [0.29, 0.717) is 12.8 Å². The smallest absolute Gasteiger partial charge is 0.356 e. The number of aliphatic hydroxyl groups excluding tert-OH is 1. The van der Waals surface area contributed by atoms with Gasteiger partial charge in [-0.2, -0.15) is 0 Å². The predicted molar refractivity (Wildman–Crippen MR) is 47.0 cm³/mol. The first-order valence-corrected chi connectivity index (χ1v) is 5.77. The first-order chi connectivity index (χ1) is 5.44. The van der Waals surface area contributed by atoms with Crippen molar-refractivity contribution in [3.8, 4) is 0 Å². The van der Waals surface area contributed by atoms with E-state index in [1.807, 2.05) is 13.8 Å². The molecule has 0 aliphatic carbocycles. The summed E-state index contributed by atoms with van der Waals surface area (Å²) in [6, 6.07) is 0.